The summed E-state index contributed by atoms with van der Waals surface area (Å²) in [4.78, 5) is 4.08. The van der Waals surface area contributed by atoms with Crippen molar-refractivity contribution in [3.8, 4) is 0 Å². The third kappa shape index (κ3) is 1.70. The highest BCUT2D eigenvalue weighted by atomic mass is 35.6. The van der Waals surface area contributed by atoms with Gasteiger partial charge in [-0.25, -0.2) is 4.98 Å². The Morgan fingerprint density at radius 1 is 1.29 bits per heavy atom. The Kier molecular flexibility index (Phi) is 2.38. The van der Waals surface area contributed by atoms with Gasteiger partial charge < -0.3 is 4.42 Å². The van der Waals surface area contributed by atoms with Crippen molar-refractivity contribution in [2.75, 3.05) is 0 Å². The minimum absolute atomic E-state index is 0.104. The SMILES string of the molecule is Cc1cccc2nc(C(Cl)(Cl)Cl)oc12. The Hall–Kier alpha value is -0.440. The summed E-state index contributed by atoms with van der Waals surface area (Å²) in [5.41, 5.74) is 2.33. The maximum absolute atomic E-state index is 5.66. The molecule has 2 rings (SSSR count). The molecule has 0 bridgehead atoms. The van der Waals surface area contributed by atoms with Gasteiger partial charge in [0.15, 0.2) is 5.58 Å². The van der Waals surface area contributed by atoms with Crippen LogP contribution in [0.1, 0.15) is 11.5 Å². The molecule has 0 spiro atoms. The number of para-hydroxylation sites is 1. The molecule has 0 amide bonds. The Balaban J connectivity index is 2.69. The zero-order chi connectivity index (χ0) is 10.3. The van der Waals surface area contributed by atoms with Crippen molar-refractivity contribution in [1.29, 1.82) is 0 Å². The lowest BCUT2D eigenvalue weighted by Crippen LogP contribution is -1.99. The fraction of sp³-hybridized carbons (Fsp3) is 0.222. The van der Waals surface area contributed by atoms with Crippen molar-refractivity contribution in [3.05, 3.63) is 29.7 Å². The zero-order valence-corrected chi connectivity index (χ0v) is 9.49. The van der Waals surface area contributed by atoms with Crippen molar-refractivity contribution in [2.24, 2.45) is 0 Å². The summed E-state index contributed by atoms with van der Waals surface area (Å²) in [7, 11) is 0. The third-order valence-electron chi connectivity index (χ3n) is 1.85. The first kappa shape index (κ1) is 10.1. The highest BCUT2D eigenvalue weighted by Crippen LogP contribution is 2.39. The fourth-order valence-electron chi connectivity index (χ4n) is 1.21. The summed E-state index contributed by atoms with van der Waals surface area (Å²) in [6.07, 6.45) is 0. The maximum atomic E-state index is 5.66. The van der Waals surface area contributed by atoms with Gasteiger partial charge in [-0.05, 0) is 18.6 Å². The first-order valence-electron chi connectivity index (χ1n) is 3.92. The molecule has 0 aliphatic carbocycles. The molecular formula is C9H6Cl3NO. The smallest absolute Gasteiger partial charge is 0.266 e. The van der Waals surface area contributed by atoms with Crippen molar-refractivity contribution in [2.45, 2.75) is 10.7 Å². The van der Waals surface area contributed by atoms with E-state index in [0.29, 0.717) is 11.1 Å². The number of aromatic nitrogens is 1. The van der Waals surface area contributed by atoms with Crippen LogP contribution in [0.3, 0.4) is 0 Å². The van der Waals surface area contributed by atoms with E-state index in [4.69, 9.17) is 39.2 Å². The molecule has 2 nitrogen and oxygen atoms in total. The average Bonchev–Trinajstić information content (AvgIpc) is 2.48. The van der Waals surface area contributed by atoms with Crippen LogP contribution in [0.4, 0.5) is 0 Å². The summed E-state index contributed by atoms with van der Waals surface area (Å²) in [5, 5.41) is 0. The lowest BCUT2D eigenvalue weighted by molar-refractivity contribution is 0.538. The van der Waals surface area contributed by atoms with Gasteiger partial charge in [0, 0.05) is 0 Å². The van der Waals surface area contributed by atoms with Crippen LogP contribution in [-0.2, 0) is 3.79 Å². The van der Waals surface area contributed by atoms with E-state index in [1.807, 2.05) is 25.1 Å². The van der Waals surface area contributed by atoms with Crippen molar-refractivity contribution in [1.82, 2.24) is 4.98 Å². The highest BCUT2D eigenvalue weighted by Gasteiger charge is 2.29. The number of hydrogen-bond donors (Lipinski definition) is 0. The zero-order valence-electron chi connectivity index (χ0n) is 7.22. The maximum Gasteiger partial charge on any atom is 0.266 e. The van der Waals surface area contributed by atoms with Crippen LogP contribution in [0, 0.1) is 6.92 Å². The molecule has 0 radical (unpaired) electrons. The van der Waals surface area contributed by atoms with Crippen LogP contribution in [0.5, 0.6) is 0 Å². The van der Waals surface area contributed by atoms with Gasteiger partial charge in [-0.1, -0.05) is 46.9 Å². The minimum Gasteiger partial charge on any atom is -0.436 e. The molecule has 0 aliphatic rings. The Morgan fingerprint density at radius 3 is 2.57 bits per heavy atom. The molecule has 0 unspecified atom stereocenters. The number of alkyl halides is 3. The fourth-order valence-corrected chi connectivity index (χ4v) is 1.45. The van der Waals surface area contributed by atoms with Gasteiger partial charge in [-0.2, -0.15) is 0 Å². The molecule has 0 fully saturated rings. The molecule has 14 heavy (non-hydrogen) atoms. The van der Waals surface area contributed by atoms with E-state index < -0.39 is 3.79 Å². The van der Waals surface area contributed by atoms with Gasteiger partial charge >= 0.3 is 0 Å². The van der Waals surface area contributed by atoms with Crippen molar-refractivity contribution in [3.63, 3.8) is 0 Å². The molecule has 0 saturated carbocycles. The Bertz CT molecular complexity index is 472. The largest absolute Gasteiger partial charge is 0.436 e. The molecule has 0 saturated heterocycles. The molecule has 0 N–H and O–H groups in total. The third-order valence-corrected chi connectivity index (χ3v) is 2.34. The van der Waals surface area contributed by atoms with Gasteiger partial charge in [0.2, 0.25) is 5.89 Å². The van der Waals surface area contributed by atoms with E-state index in [1.165, 1.54) is 0 Å². The standard InChI is InChI=1S/C9H6Cl3NO/c1-5-3-2-4-6-7(5)14-8(13-6)9(10,11)12/h2-4H,1H3. The summed E-state index contributed by atoms with van der Waals surface area (Å²) in [6.45, 7) is 1.91. The van der Waals surface area contributed by atoms with Crippen LogP contribution >= 0.6 is 34.8 Å². The van der Waals surface area contributed by atoms with Gasteiger partial charge in [0.05, 0.1) is 0 Å². The molecular weight excluding hydrogens is 244 g/mol. The number of rotatable bonds is 0. The van der Waals surface area contributed by atoms with Crippen LogP contribution in [0.15, 0.2) is 22.6 Å². The van der Waals surface area contributed by atoms with E-state index in [2.05, 4.69) is 4.98 Å². The quantitative estimate of drug-likeness (QED) is 0.661. The summed E-state index contributed by atoms with van der Waals surface area (Å²) < 4.78 is 3.75. The van der Waals surface area contributed by atoms with Crippen LogP contribution in [-0.4, -0.2) is 4.98 Å². The van der Waals surface area contributed by atoms with Crippen molar-refractivity contribution < 1.29 is 4.42 Å². The molecule has 1 heterocycles. The van der Waals surface area contributed by atoms with Gasteiger partial charge in [0.1, 0.15) is 5.52 Å². The van der Waals surface area contributed by atoms with E-state index in [9.17, 15) is 0 Å². The lowest BCUT2D eigenvalue weighted by atomic mass is 10.2. The second-order valence-corrected chi connectivity index (χ2v) is 5.22. The second-order valence-electron chi connectivity index (χ2n) is 2.94. The molecule has 5 heteroatoms. The van der Waals surface area contributed by atoms with E-state index in [1.54, 1.807) is 0 Å². The molecule has 1 aromatic heterocycles. The number of fused-ring (bicyclic) bond motifs is 1. The molecule has 0 aliphatic heterocycles. The Morgan fingerprint density at radius 2 is 2.00 bits per heavy atom. The number of hydrogen-bond acceptors (Lipinski definition) is 2. The second kappa shape index (κ2) is 3.30. The Labute approximate surface area is 95.8 Å². The van der Waals surface area contributed by atoms with Crippen LogP contribution < -0.4 is 0 Å². The van der Waals surface area contributed by atoms with Gasteiger partial charge in [-0.15, -0.1) is 0 Å². The lowest BCUT2D eigenvalue weighted by Gasteiger charge is -2.02. The monoisotopic (exact) mass is 249 g/mol. The summed E-state index contributed by atoms with van der Waals surface area (Å²) >= 11 is 17.0. The first-order chi connectivity index (χ1) is 6.48. The predicted octanol–water partition coefficient (Wildman–Crippen LogP) is 3.96. The predicted molar refractivity (Wildman–Crippen MR) is 58.0 cm³/mol. The van der Waals surface area contributed by atoms with Gasteiger partial charge in [0.25, 0.3) is 3.79 Å². The molecule has 74 valence electrons. The number of benzene rings is 1. The number of halogens is 3. The van der Waals surface area contributed by atoms with Crippen LogP contribution in [0.25, 0.3) is 11.1 Å². The summed E-state index contributed by atoms with van der Waals surface area (Å²) in [5.74, 6) is 0.104. The van der Waals surface area contributed by atoms with Gasteiger partial charge in [-0.3, -0.25) is 0 Å². The van der Waals surface area contributed by atoms with Crippen LogP contribution in [0.2, 0.25) is 0 Å². The number of oxazole rings is 1. The molecule has 1 aromatic carbocycles. The van der Waals surface area contributed by atoms with E-state index in [0.717, 1.165) is 5.56 Å². The minimum atomic E-state index is -1.61. The van der Waals surface area contributed by atoms with E-state index >= 15 is 0 Å². The normalized spacial score (nSPS) is 12.3. The number of aryl methyl sites for hydroxylation is 1. The summed E-state index contributed by atoms with van der Waals surface area (Å²) in [6, 6.07) is 5.60. The molecule has 2 aromatic rings. The number of nitrogens with zero attached hydrogens (tertiary/aromatic N) is 1. The highest BCUT2D eigenvalue weighted by molar-refractivity contribution is 6.66. The molecule has 0 atom stereocenters. The van der Waals surface area contributed by atoms with Crippen molar-refractivity contribution >= 4 is 45.9 Å². The van der Waals surface area contributed by atoms with E-state index in [-0.39, 0.29) is 5.89 Å². The topological polar surface area (TPSA) is 26.0 Å². The first-order valence-corrected chi connectivity index (χ1v) is 5.05. The average molecular weight is 251 g/mol.